The highest BCUT2D eigenvalue weighted by molar-refractivity contribution is 6.06. The number of carboxylic acids is 1. The second-order valence-electron chi connectivity index (χ2n) is 6.77. The molecule has 0 amide bonds. The van der Waals surface area contributed by atoms with Gasteiger partial charge in [-0.2, -0.15) is 5.10 Å². The lowest BCUT2D eigenvalue weighted by Crippen LogP contribution is -2.07. The largest absolute Gasteiger partial charge is 0.475 e. The Balaban J connectivity index is 2.19. The van der Waals surface area contributed by atoms with E-state index in [1.165, 1.54) is 19.3 Å². The molecular weight excluding hydrogens is 332 g/mol. The van der Waals surface area contributed by atoms with Crippen molar-refractivity contribution in [3.05, 3.63) is 41.6 Å². The van der Waals surface area contributed by atoms with Crippen LogP contribution in [0.4, 0.5) is 0 Å². The first-order chi connectivity index (χ1) is 12.3. The predicted octanol–water partition coefficient (Wildman–Crippen LogP) is 3.36. The van der Waals surface area contributed by atoms with Crippen molar-refractivity contribution < 1.29 is 14.7 Å². The number of rotatable bonds is 5. The van der Waals surface area contributed by atoms with E-state index in [9.17, 15) is 9.59 Å². The Hall–Kier alpha value is -3.09. The minimum atomic E-state index is -1.17. The van der Waals surface area contributed by atoms with E-state index in [2.05, 4.69) is 28.9 Å². The number of fused-ring (bicyclic) bond motifs is 1. The Labute approximate surface area is 150 Å². The molecule has 1 aromatic carbocycles. The van der Waals surface area contributed by atoms with Gasteiger partial charge in [0, 0.05) is 36.8 Å². The fraction of sp³-hybridized carbons (Fsp3) is 0.316. The topological polar surface area (TPSA) is 98.0 Å². The SMILES string of the molecule is CC(=O)c1nn(CC(C)C)c2c(C)cc(-c3cnc(C(=O)O)nc3)cc12. The summed E-state index contributed by atoms with van der Waals surface area (Å²) in [6.45, 7) is 8.41. The van der Waals surface area contributed by atoms with Crippen LogP contribution in [-0.2, 0) is 6.54 Å². The first-order valence-corrected chi connectivity index (χ1v) is 8.35. The molecule has 3 aromatic rings. The zero-order chi connectivity index (χ0) is 19.0. The molecule has 134 valence electrons. The molecule has 0 aliphatic heterocycles. The minimum Gasteiger partial charge on any atom is -0.475 e. The van der Waals surface area contributed by atoms with Gasteiger partial charge in [-0.05, 0) is 36.1 Å². The van der Waals surface area contributed by atoms with Gasteiger partial charge in [0.2, 0.25) is 5.82 Å². The maximum Gasteiger partial charge on any atom is 0.373 e. The standard InChI is InChI=1S/C19H20N4O3/c1-10(2)9-23-17-11(3)5-13(6-15(17)16(22-23)12(4)24)14-7-20-18(19(25)26)21-8-14/h5-8,10H,9H2,1-4H3,(H,25,26). The van der Waals surface area contributed by atoms with Crippen molar-refractivity contribution in [2.45, 2.75) is 34.2 Å². The Kier molecular flexibility index (Phi) is 4.54. The van der Waals surface area contributed by atoms with Gasteiger partial charge in [0.1, 0.15) is 5.69 Å². The first-order valence-electron chi connectivity index (χ1n) is 8.35. The molecule has 3 rings (SSSR count). The van der Waals surface area contributed by atoms with Crippen molar-refractivity contribution in [3.63, 3.8) is 0 Å². The number of nitrogens with zero attached hydrogens (tertiary/aromatic N) is 4. The summed E-state index contributed by atoms with van der Waals surface area (Å²) >= 11 is 0. The van der Waals surface area contributed by atoms with E-state index in [0.717, 1.165) is 28.6 Å². The molecule has 0 saturated heterocycles. The number of benzene rings is 1. The van der Waals surface area contributed by atoms with E-state index in [1.807, 2.05) is 23.7 Å². The molecule has 0 radical (unpaired) electrons. The van der Waals surface area contributed by atoms with Crippen LogP contribution >= 0.6 is 0 Å². The zero-order valence-electron chi connectivity index (χ0n) is 15.1. The molecule has 26 heavy (non-hydrogen) atoms. The smallest absolute Gasteiger partial charge is 0.373 e. The molecule has 7 nitrogen and oxygen atoms in total. The van der Waals surface area contributed by atoms with Gasteiger partial charge in [-0.25, -0.2) is 14.8 Å². The highest BCUT2D eigenvalue weighted by Crippen LogP contribution is 2.30. The van der Waals surface area contributed by atoms with Crippen LogP contribution < -0.4 is 0 Å². The van der Waals surface area contributed by atoms with Gasteiger partial charge >= 0.3 is 5.97 Å². The molecule has 0 saturated carbocycles. The molecule has 0 fully saturated rings. The summed E-state index contributed by atoms with van der Waals surface area (Å²) < 4.78 is 1.89. The summed E-state index contributed by atoms with van der Waals surface area (Å²) in [7, 11) is 0. The highest BCUT2D eigenvalue weighted by Gasteiger charge is 2.18. The summed E-state index contributed by atoms with van der Waals surface area (Å²) in [6.07, 6.45) is 2.95. The summed E-state index contributed by atoms with van der Waals surface area (Å²) in [5.74, 6) is -1.11. The third-order valence-electron chi connectivity index (χ3n) is 4.08. The molecule has 0 unspecified atom stereocenters. The highest BCUT2D eigenvalue weighted by atomic mass is 16.4. The van der Waals surface area contributed by atoms with Crippen molar-refractivity contribution in [3.8, 4) is 11.1 Å². The summed E-state index contributed by atoms with van der Waals surface area (Å²) in [5.41, 5.74) is 3.87. The molecular formula is C19H20N4O3. The van der Waals surface area contributed by atoms with E-state index in [-0.39, 0.29) is 11.6 Å². The van der Waals surface area contributed by atoms with Crippen LogP contribution in [0.25, 0.3) is 22.0 Å². The molecule has 0 spiro atoms. The molecule has 7 heteroatoms. The lowest BCUT2D eigenvalue weighted by Gasteiger charge is -2.10. The van der Waals surface area contributed by atoms with Gasteiger partial charge < -0.3 is 5.11 Å². The maximum atomic E-state index is 12.1. The predicted molar refractivity (Wildman–Crippen MR) is 97.3 cm³/mol. The average molecular weight is 352 g/mol. The van der Waals surface area contributed by atoms with Crippen molar-refractivity contribution in [2.75, 3.05) is 0 Å². The van der Waals surface area contributed by atoms with Crippen molar-refractivity contribution in [1.82, 2.24) is 19.7 Å². The van der Waals surface area contributed by atoms with Gasteiger partial charge in [0.15, 0.2) is 5.78 Å². The number of carbonyl (C=O) groups excluding carboxylic acids is 1. The second kappa shape index (κ2) is 6.67. The fourth-order valence-corrected chi connectivity index (χ4v) is 3.02. The Morgan fingerprint density at radius 1 is 1.15 bits per heavy atom. The molecule has 2 heterocycles. The number of aromatic nitrogens is 4. The van der Waals surface area contributed by atoms with Crippen LogP contribution in [0.3, 0.4) is 0 Å². The Morgan fingerprint density at radius 3 is 2.35 bits per heavy atom. The van der Waals surface area contributed by atoms with Crippen LogP contribution in [0, 0.1) is 12.8 Å². The van der Waals surface area contributed by atoms with Crippen molar-refractivity contribution in [1.29, 1.82) is 0 Å². The van der Waals surface area contributed by atoms with Gasteiger partial charge in [0.25, 0.3) is 0 Å². The molecule has 0 aliphatic rings. The van der Waals surface area contributed by atoms with E-state index in [0.29, 0.717) is 17.2 Å². The maximum absolute atomic E-state index is 12.1. The number of aryl methyl sites for hydroxylation is 1. The van der Waals surface area contributed by atoms with Crippen LogP contribution in [0.2, 0.25) is 0 Å². The molecule has 0 bridgehead atoms. The number of carbonyl (C=O) groups is 2. The number of hydrogen-bond acceptors (Lipinski definition) is 5. The fourth-order valence-electron chi connectivity index (χ4n) is 3.02. The number of carboxylic acid groups (broad SMARTS) is 1. The monoisotopic (exact) mass is 352 g/mol. The summed E-state index contributed by atoms with van der Waals surface area (Å²) in [6, 6.07) is 3.87. The summed E-state index contributed by atoms with van der Waals surface area (Å²) in [5, 5.41) is 14.2. The van der Waals surface area contributed by atoms with Gasteiger partial charge in [-0.15, -0.1) is 0 Å². The Morgan fingerprint density at radius 2 is 1.81 bits per heavy atom. The van der Waals surface area contributed by atoms with Crippen LogP contribution in [-0.4, -0.2) is 36.6 Å². The van der Waals surface area contributed by atoms with E-state index in [4.69, 9.17) is 5.11 Å². The van der Waals surface area contributed by atoms with Gasteiger partial charge in [-0.3, -0.25) is 9.48 Å². The average Bonchev–Trinajstić information content (AvgIpc) is 2.93. The van der Waals surface area contributed by atoms with Crippen molar-refractivity contribution in [2.24, 2.45) is 5.92 Å². The van der Waals surface area contributed by atoms with E-state index >= 15 is 0 Å². The normalized spacial score (nSPS) is 11.3. The van der Waals surface area contributed by atoms with Gasteiger partial charge in [-0.1, -0.05) is 13.8 Å². The van der Waals surface area contributed by atoms with Crippen LogP contribution in [0.5, 0.6) is 0 Å². The first kappa shape index (κ1) is 17.7. The van der Waals surface area contributed by atoms with Crippen LogP contribution in [0.1, 0.15) is 47.4 Å². The third kappa shape index (κ3) is 3.20. The molecule has 0 aliphatic carbocycles. The third-order valence-corrected chi connectivity index (χ3v) is 4.08. The van der Waals surface area contributed by atoms with Crippen molar-refractivity contribution >= 4 is 22.7 Å². The number of ketones is 1. The number of aromatic carboxylic acids is 1. The van der Waals surface area contributed by atoms with Crippen LogP contribution in [0.15, 0.2) is 24.5 Å². The lowest BCUT2D eigenvalue weighted by atomic mass is 10.0. The molecule has 2 aromatic heterocycles. The van der Waals surface area contributed by atoms with Gasteiger partial charge in [0.05, 0.1) is 5.52 Å². The zero-order valence-corrected chi connectivity index (χ0v) is 15.1. The Bertz CT molecular complexity index is 1000. The lowest BCUT2D eigenvalue weighted by molar-refractivity contribution is 0.0683. The molecule has 1 N–H and O–H groups in total. The summed E-state index contributed by atoms with van der Waals surface area (Å²) in [4.78, 5) is 30.7. The number of hydrogen-bond donors (Lipinski definition) is 1. The quantitative estimate of drug-likeness (QED) is 0.707. The second-order valence-corrected chi connectivity index (χ2v) is 6.77. The minimum absolute atomic E-state index is 0.0912. The van der Waals surface area contributed by atoms with E-state index < -0.39 is 5.97 Å². The molecule has 0 atom stereocenters. The van der Waals surface area contributed by atoms with E-state index in [1.54, 1.807) is 0 Å². The number of Topliss-reactive ketones (excluding diaryl/α,β-unsaturated/α-hetero) is 1.